The minimum absolute atomic E-state index is 0. The van der Waals surface area contributed by atoms with Gasteiger partial charge in [0.15, 0.2) is 21.6 Å². The van der Waals surface area contributed by atoms with Crippen LogP contribution in [0.1, 0.15) is 0 Å². The van der Waals surface area contributed by atoms with Crippen LogP contribution in [0.5, 0.6) is 0 Å². The Morgan fingerprint density at radius 3 is 1.04 bits per heavy atom. The quantitative estimate of drug-likeness (QED) is 0.164. The summed E-state index contributed by atoms with van der Waals surface area (Å²) in [6.45, 7) is 0. The van der Waals surface area contributed by atoms with Crippen LogP contribution in [0.4, 0.5) is 0 Å². The molecule has 0 amide bonds. The Kier molecular flexibility index (Phi) is 28.3. The molecule has 0 aliphatic heterocycles. The van der Waals surface area contributed by atoms with Gasteiger partial charge in [-0.1, -0.05) is 0 Å². The predicted molar refractivity (Wildman–Crippen MR) is 95.1 cm³/mol. The van der Waals surface area contributed by atoms with Crippen molar-refractivity contribution in [2.24, 2.45) is 0 Å². The van der Waals surface area contributed by atoms with Crippen LogP contribution in [0, 0.1) is 42.7 Å². The minimum atomic E-state index is -1.87. The van der Waals surface area contributed by atoms with Gasteiger partial charge in [0.1, 0.15) is 48.2 Å². The van der Waals surface area contributed by atoms with Crippen molar-refractivity contribution in [3.05, 3.63) is 0 Å². The van der Waals surface area contributed by atoms with Gasteiger partial charge in [-0.3, -0.25) is 16.4 Å². The second-order valence-corrected chi connectivity index (χ2v) is 4.64. The summed E-state index contributed by atoms with van der Waals surface area (Å²) in [7, 11) is -3.75. The van der Waals surface area contributed by atoms with Gasteiger partial charge in [-0.05, 0) is 0 Å². The normalized spacial score (nSPS) is 8.00. The Bertz CT molecular complexity index is 522. The van der Waals surface area contributed by atoms with Gasteiger partial charge in [0.05, 0.1) is 0 Å². The zero-order chi connectivity index (χ0) is 18.2. The molecule has 0 aromatic carbocycles. The third-order valence-electron chi connectivity index (χ3n) is 1.23. The third kappa shape index (κ3) is 17.6. The fraction of sp³-hybridized carbons (Fsp3) is 0. The zero-order valence-corrected chi connectivity index (χ0v) is 14.1. The Morgan fingerprint density at radius 2 is 0.846 bits per heavy atom. The zero-order valence-electron chi connectivity index (χ0n) is 10.8. The summed E-state index contributed by atoms with van der Waals surface area (Å²) in [6.07, 6.45) is 0. The Labute approximate surface area is 250 Å². The van der Waals surface area contributed by atoms with E-state index in [1.807, 2.05) is 0 Å². The molecule has 0 heterocycles. The number of hydrogen-bond acceptors (Lipinski definition) is 16. The molecular weight excluding hydrogens is 484 g/mol. The molecule has 0 saturated carbocycles. The van der Waals surface area contributed by atoms with Crippen molar-refractivity contribution in [2.75, 3.05) is 0 Å². The molecule has 12 nitrogen and oxygen atoms in total. The summed E-state index contributed by atoms with van der Waals surface area (Å²) in [5.41, 5.74) is 0. The first kappa shape index (κ1) is 32.2. The van der Waals surface area contributed by atoms with Crippen molar-refractivity contribution in [3.63, 3.8) is 0 Å². The molecule has 0 radical (unpaired) electrons. The van der Waals surface area contributed by atoms with Gasteiger partial charge in [-0.15, -0.1) is 0 Å². The summed E-state index contributed by atoms with van der Waals surface area (Å²) >= 11 is 0.627. The first-order valence-electron chi connectivity index (χ1n) is 4.86. The van der Waals surface area contributed by atoms with E-state index in [9.17, 15) is 9.59 Å². The van der Waals surface area contributed by atoms with Crippen LogP contribution in [0.25, 0.3) is 0 Å². The van der Waals surface area contributed by atoms with E-state index < -0.39 is 26.6 Å². The van der Waals surface area contributed by atoms with E-state index in [-0.39, 0.29) is 151 Å². The van der Waals surface area contributed by atoms with Crippen molar-refractivity contribution < 1.29 is 35.3 Å². The van der Waals surface area contributed by atoms with Gasteiger partial charge in [0.25, 0.3) is 0 Å². The molecule has 0 aromatic heterocycles. The van der Waals surface area contributed by atoms with E-state index in [2.05, 4.69) is 25.7 Å². The number of thiocyanates is 4. The fourth-order valence-corrected chi connectivity index (χ4v) is 1.52. The van der Waals surface area contributed by atoms with Gasteiger partial charge in [-0.2, -0.15) is 21.0 Å². The molecule has 26 heavy (non-hydrogen) atoms. The molecule has 0 unspecified atom stereocenters. The molecule has 20 heteroatoms. The van der Waals surface area contributed by atoms with Crippen LogP contribution in [0.3, 0.4) is 0 Å². The van der Waals surface area contributed by atoms with Gasteiger partial charge in [-0.25, -0.2) is 9.59 Å². The molecule has 0 spiro atoms. The van der Waals surface area contributed by atoms with Crippen LogP contribution in [0.15, 0.2) is 0 Å². The van der Waals surface area contributed by atoms with Gasteiger partial charge >= 0.3 is 129 Å². The fourth-order valence-electron chi connectivity index (χ4n) is 0.625. The molecular formula is C6H2B2K2N4O8S4. The van der Waals surface area contributed by atoms with Gasteiger partial charge in [0.2, 0.25) is 0 Å². The van der Waals surface area contributed by atoms with Crippen molar-refractivity contribution in [3.8, 4) is 21.6 Å². The summed E-state index contributed by atoms with van der Waals surface area (Å²) in [4.78, 5) is 22.9. The number of nitriles is 4. The number of nitrogens with zero attached hydrogens (tertiary/aromatic N) is 4. The summed E-state index contributed by atoms with van der Waals surface area (Å²) in [6, 6.07) is 0. The molecule has 0 aliphatic rings. The molecule has 0 bridgehead atoms. The molecule has 0 aliphatic carbocycles. The molecule has 0 aromatic rings. The van der Waals surface area contributed by atoms with Gasteiger partial charge in [0, 0.05) is 0 Å². The van der Waals surface area contributed by atoms with E-state index in [4.69, 9.17) is 21.0 Å². The van der Waals surface area contributed by atoms with E-state index in [1.165, 1.54) is 21.6 Å². The first-order valence-corrected chi connectivity index (χ1v) is 7.82. The number of carbonyl (C=O) groups excluding carboxylic acids is 2. The van der Waals surface area contributed by atoms with Crippen molar-refractivity contribution in [1.29, 1.82) is 21.0 Å². The van der Waals surface area contributed by atoms with E-state index in [0.29, 0.717) is 0 Å². The molecule has 0 rings (SSSR count). The summed E-state index contributed by atoms with van der Waals surface area (Å²) in [5, 5.41) is 39.1. The molecule has 0 N–H and O–H groups in total. The Morgan fingerprint density at radius 1 is 0.615 bits per heavy atom. The van der Waals surface area contributed by atoms with Crippen LogP contribution in [-0.4, -0.2) is 129 Å². The maximum atomic E-state index is 11.5. The SMILES string of the molecule is N#CSOB(OSC#N)OC(=O)C(=O)OB(OSC#N)OSC#N.[KH].[KH]. The molecule has 0 fully saturated rings. The Balaban J connectivity index is -0.00000264. The van der Waals surface area contributed by atoms with Gasteiger partial charge < -0.3 is 9.31 Å². The Hall–Kier alpha value is 1.54. The standard InChI is InChI=1S/C6B2N4O8S4.2K.2H/c9-1-21-17-7(18-22-2-10)15-5(13)6(14)16-8(19-23-3-11)20-24-4-12;;;;. The summed E-state index contributed by atoms with van der Waals surface area (Å²) < 4.78 is 26.8. The number of hydrogen-bond donors (Lipinski definition) is 0. The van der Waals surface area contributed by atoms with E-state index >= 15 is 0 Å². The molecule has 0 saturated heterocycles. The maximum absolute atomic E-state index is 11.5. The number of rotatable bonds is 10. The first-order chi connectivity index (χ1) is 11.6. The second-order valence-electron chi connectivity index (χ2n) is 2.47. The average Bonchev–Trinajstić information content (AvgIpc) is 2.59. The van der Waals surface area contributed by atoms with Crippen molar-refractivity contribution in [2.45, 2.75) is 0 Å². The summed E-state index contributed by atoms with van der Waals surface area (Å²) in [5.74, 6) is -3.31. The predicted octanol–water partition coefficient (Wildman–Crippen LogP) is -0.671. The third-order valence-corrected chi connectivity index (χ3v) is 2.54. The van der Waals surface area contributed by atoms with Crippen LogP contribution >= 0.6 is 48.2 Å². The molecule has 126 valence electrons. The second kappa shape index (κ2) is 22.8. The monoisotopic (exact) mass is 486 g/mol. The van der Waals surface area contributed by atoms with Crippen LogP contribution < -0.4 is 0 Å². The van der Waals surface area contributed by atoms with Crippen molar-refractivity contribution >= 4 is 178 Å². The van der Waals surface area contributed by atoms with E-state index in [0.717, 1.165) is 0 Å². The molecule has 0 atom stereocenters. The van der Waals surface area contributed by atoms with Crippen molar-refractivity contribution in [1.82, 2.24) is 0 Å². The van der Waals surface area contributed by atoms with E-state index in [1.54, 1.807) is 0 Å². The van der Waals surface area contributed by atoms with Crippen LogP contribution in [0.2, 0.25) is 0 Å². The number of carbonyl (C=O) groups is 2. The average molecular weight is 486 g/mol. The van der Waals surface area contributed by atoms with Crippen LogP contribution in [-0.2, 0) is 35.3 Å². The topological polar surface area (TPSA) is 185 Å².